The third kappa shape index (κ3) is 4.56. The summed E-state index contributed by atoms with van der Waals surface area (Å²) in [6, 6.07) is 2.27. The molecule has 0 bridgehead atoms. The highest BCUT2D eigenvalue weighted by atomic mass is 32.2. The molecule has 1 heterocycles. The van der Waals surface area contributed by atoms with Gasteiger partial charge in [0.15, 0.2) is 0 Å². The maximum absolute atomic E-state index is 12.4. The van der Waals surface area contributed by atoms with E-state index in [9.17, 15) is 8.42 Å². The minimum absolute atomic E-state index is 0.0707. The van der Waals surface area contributed by atoms with E-state index in [1.165, 1.54) is 0 Å². The fourth-order valence-electron chi connectivity index (χ4n) is 2.13. The Bertz CT molecular complexity index is 581. The molecule has 1 saturated carbocycles. The average Bonchev–Trinajstić information content (AvgIpc) is 3.13. The molecule has 120 valence electrons. The second kappa shape index (κ2) is 6.10. The van der Waals surface area contributed by atoms with Gasteiger partial charge in [-0.05, 0) is 30.9 Å². The summed E-state index contributed by atoms with van der Waals surface area (Å²) in [4.78, 5) is 0.381. The van der Waals surface area contributed by atoms with Crippen LogP contribution >= 0.6 is 0 Å². The number of nitrogens with zero attached hydrogens (tertiary/aromatic N) is 1. The van der Waals surface area contributed by atoms with Crippen LogP contribution in [0.3, 0.4) is 0 Å². The second-order valence-corrected chi connectivity index (χ2v) is 8.74. The van der Waals surface area contributed by atoms with Crippen molar-refractivity contribution in [3.05, 3.63) is 18.0 Å². The molecule has 0 saturated heterocycles. The predicted molar refractivity (Wildman–Crippen MR) is 84.7 cm³/mol. The molecule has 5 nitrogen and oxygen atoms in total. The minimum atomic E-state index is -3.42. The zero-order valence-electron chi connectivity index (χ0n) is 13.4. The molecule has 0 atom stereocenters. The molecule has 6 heteroatoms. The molecule has 1 aromatic heterocycles. The fraction of sp³-hybridized carbons (Fsp3) is 0.733. The molecule has 0 aliphatic heterocycles. The number of sulfonamides is 1. The maximum Gasteiger partial charge on any atom is 0.242 e. The van der Waals surface area contributed by atoms with Gasteiger partial charge in [-0.1, -0.05) is 27.7 Å². The first-order chi connectivity index (χ1) is 9.73. The largest absolute Gasteiger partial charge is 0.346 e. The number of rotatable bonds is 7. The molecule has 21 heavy (non-hydrogen) atoms. The lowest BCUT2D eigenvalue weighted by Crippen LogP contribution is -2.32. The van der Waals surface area contributed by atoms with Crippen molar-refractivity contribution >= 4 is 10.0 Å². The van der Waals surface area contributed by atoms with E-state index in [2.05, 4.69) is 14.6 Å². The third-order valence-corrected chi connectivity index (χ3v) is 4.87. The van der Waals surface area contributed by atoms with Gasteiger partial charge in [0.25, 0.3) is 0 Å². The topological polar surface area (TPSA) is 63.1 Å². The van der Waals surface area contributed by atoms with E-state index >= 15 is 0 Å². The Hall–Kier alpha value is -0.850. The molecule has 2 N–H and O–H groups in total. The van der Waals surface area contributed by atoms with Crippen LogP contribution in [0.4, 0.5) is 0 Å². The number of aromatic nitrogens is 1. The van der Waals surface area contributed by atoms with Crippen LogP contribution in [0.2, 0.25) is 0 Å². The third-order valence-electron chi connectivity index (χ3n) is 3.51. The summed E-state index contributed by atoms with van der Waals surface area (Å²) in [6.45, 7) is 10.1. The normalized spacial score (nSPS) is 16.4. The summed E-state index contributed by atoms with van der Waals surface area (Å²) >= 11 is 0. The van der Waals surface area contributed by atoms with Crippen LogP contribution in [0.25, 0.3) is 0 Å². The average molecular weight is 313 g/mol. The van der Waals surface area contributed by atoms with Gasteiger partial charge >= 0.3 is 0 Å². The summed E-state index contributed by atoms with van der Waals surface area (Å²) in [5.41, 5.74) is 0.981. The molecule has 1 aliphatic rings. The van der Waals surface area contributed by atoms with Gasteiger partial charge in [-0.15, -0.1) is 0 Å². The molecule has 0 unspecified atom stereocenters. The Balaban J connectivity index is 2.18. The summed E-state index contributed by atoms with van der Waals surface area (Å²) in [7, 11) is -3.42. The zero-order chi connectivity index (χ0) is 15.7. The van der Waals surface area contributed by atoms with Gasteiger partial charge in [-0.25, -0.2) is 13.1 Å². The van der Waals surface area contributed by atoms with Crippen LogP contribution in [0.15, 0.2) is 17.2 Å². The van der Waals surface area contributed by atoms with Gasteiger partial charge in [0.2, 0.25) is 10.0 Å². The van der Waals surface area contributed by atoms with Crippen LogP contribution in [0.1, 0.15) is 52.3 Å². The van der Waals surface area contributed by atoms with Gasteiger partial charge in [-0.2, -0.15) is 0 Å². The van der Waals surface area contributed by atoms with Gasteiger partial charge in [-0.3, -0.25) is 0 Å². The van der Waals surface area contributed by atoms with Gasteiger partial charge in [0, 0.05) is 31.0 Å². The SMILES string of the molecule is CCNCc1cc(S(=O)(=O)NCC(C)(C)C)cn1C1CC1. The highest BCUT2D eigenvalue weighted by Gasteiger charge is 2.28. The number of nitrogens with one attached hydrogen (secondary N) is 2. The molecule has 2 rings (SSSR count). The van der Waals surface area contributed by atoms with E-state index in [1.54, 1.807) is 12.3 Å². The lowest BCUT2D eigenvalue weighted by atomic mass is 9.98. The molecular formula is C15H27N3O2S. The molecule has 1 fully saturated rings. The van der Waals surface area contributed by atoms with Crippen LogP contribution in [0, 0.1) is 5.41 Å². The minimum Gasteiger partial charge on any atom is -0.346 e. The number of hydrogen-bond donors (Lipinski definition) is 2. The smallest absolute Gasteiger partial charge is 0.242 e. The van der Waals surface area contributed by atoms with Crippen LogP contribution < -0.4 is 10.0 Å². The quantitative estimate of drug-likeness (QED) is 0.811. The maximum atomic E-state index is 12.4. The summed E-state index contributed by atoms with van der Waals surface area (Å²) in [5, 5.41) is 3.27. The van der Waals surface area contributed by atoms with Gasteiger partial charge < -0.3 is 9.88 Å². The summed E-state index contributed by atoms with van der Waals surface area (Å²) in [6.07, 6.45) is 4.07. The lowest BCUT2D eigenvalue weighted by molar-refractivity contribution is 0.407. The molecular weight excluding hydrogens is 286 g/mol. The van der Waals surface area contributed by atoms with Gasteiger partial charge in [0.05, 0.1) is 4.90 Å². The molecule has 0 radical (unpaired) electrons. The molecule has 0 amide bonds. The molecule has 1 aromatic rings. The van der Waals surface area contributed by atoms with E-state index in [1.807, 2.05) is 27.7 Å². The highest BCUT2D eigenvalue weighted by Crippen LogP contribution is 2.37. The van der Waals surface area contributed by atoms with Crippen LogP contribution in [-0.2, 0) is 16.6 Å². The van der Waals surface area contributed by atoms with E-state index in [-0.39, 0.29) is 5.41 Å². The molecule has 0 spiro atoms. The first-order valence-corrected chi connectivity index (χ1v) is 9.12. The Morgan fingerprint density at radius 1 is 1.33 bits per heavy atom. The van der Waals surface area contributed by atoms with Crippen molar-refractivity contribution in [2.24, 2.45) is 5.41 Å². The van der Waals surface area contributed by atoms with Gasteiger partial charge in [0.1, 0.15) is 0 Å². The molecule has 1 aliphatic carbocycles. The Morgan fingerprint density at radius 2 is 2.00 bits per heavy atom. The summed E-state index contributed by atoms with van der Waals surface area (Å²) in [5.74, 6) is 0. The van der Waals surface area contributed by atoms with E-state index in [0.717, 1.165) is 25.1 Å². The Labute approximate surface area is 128 Å². The van der Waals surface area contributed by atoms with Crippen molar-refractivity contribution in [3.8, 4) is 0 Å². The van der Waals surface area contributed by atoms with Crippen molar-refractivity contribution in [3.63, 3.8) is 0 Å². The monoisotopic (exact) mass is 313 g/mol. The van der Waals surface area contributed by atoms with Crippen LogP contribution in [0.5, 0.6) is 0 Å². The highest BCUT2D eigenvalue weighted by molar-refractivity contribution is 7.89. The Kier molecular flexibility index (Phi) is 4.80. The standard InChI is InChI=1S/C15H27N3O2S/c1-5-16-9-13-8-14(10-18(13)12-6-7-12)21(19,20)17-11-15(2,3)4/h8,10,12,16-17H,5-7,9,11H2,1-4H3. The predicted octanol–water partition coefficient (Wildman–Crippen LogP) is 2.26. The van der Waals surface area contributed by atoms with Crippen molar-refractivity contribution in [1.29, 1.82) is 0 Å². The zero-order valence-corrected chi connectivity index (χ0v) is 14.3. The van der Waals surface area contributed by atoms with Crippen molar-refractivity contribution in [1.82, 2.24) is 14.6 Å². The van der Waals surface area contributed by atoms with Crippen molar-refractivity contribution < 1.29 is 8.42 Å². The summed E-state index contributed by atoms with van der Waals surface area (Å²) < 4.78 is 29.7. The number of hydrogen-bond acceptors (Lipinski definition) is 3. The Morgan fingerprint density at radius 3 is 2.52 bits per heavy atom. The van der Waals surface area contributed by atoms with Crippen molar-refractivity contribution in [2.45, 2.75) is 58.0 Å². The first-order valence-electron chi connectivity index (χ1n) is 7.64. The van der Waals surface area contributed by atoms with E-state index < -0.39 is 10.0 Å². The van der Waals surface area contributed by atoms with E-state index in [0.29, 0.717) is 24.0 Å². The second-order valence-electron chi connectivity index (χ2n) is 6.97. The first kappa shape index (κ1) is 16.5. The fourth-order valence-corrected chi connectivity index (χ4v) is 3.46. The van der Waals surface area contributed by atoms with Crippen LogP contribution in [-0.4, -0.2) is 26.1 Å². The molecule has 0 aromatic carbocycles. The lowest BCUT2D eigenvalue weighted by Gasteiger charge is -2.18. The van der Waals surface area contributed by atoms with Crippen molar-refractivity contribution in [2.75, 3.05) is 13.1 Å². The van der Waals surface area contributed by atoms with E-state index in [4.69, 9.17) is 0 Å².